The number of alkyl halides is 1. The second-order valence-corrected chi connectivity index (χ2v) is 2.10. The van der Waals surface area contributed by atoms with Crippen LogP contribution in [0, 0.1) is 0 Å². The summed E-state index contributed by atoms with van der Waals surface area (Å²) in [7, 11) is 0. The van der Waals surface area contributed by atoms with Gasteiger partial charge >= 0.3 is 0 Å². The first-order valence-corrected chi connectivity index (χ1v) is 3.14. The Labute approximate surface area is 65.5 Å². The Morgan fingerprint density at radius 2 is 2.38 bits per heavy atom. The Balaban J connectivity index is 0.000000490. The van der Waals surface area contributed by atoms with Crippen LogP contribution in [-0.2, 0) is 22.1 Å². The molecule has 0 aliphatic carbocycles. The van der Waals surface area contributed by atoms with Gasteiger partial charge in [0.15, 0.2) is 0 Å². The summed E-state index contributed by atoms with van der Waals surface area (Å²) in [6.07, 6.45) is 2.71. The summed E-state index contributed by atoms with van der Waals surface area (Å²) in [6, 6.07) is 0. The molecular weight excluding hydrogens is 164 g/mol. The van der Waals surface area contributed by atoms with Gasteiger partial charge < -0.3 is 4.74 Å². The molecule has 1 aliphatic rings. The second-order valence-electron chi connectivity index (χ2n) is 1.79. The molecule has 0 aromatic heterocycles. The maximum atomic E-state index is 5.48. The molecule has 0 radical (unpaired) electrons. The molecule has 1 heterocycles. The Morgan fingerprint density at radius 1 is 1.62 bits per heavy atom. The van der Waals surface area contributed by atoms with Crippen molar-refractivity contribution in [1.29, 1.82) is 0 Å². The molecule has 1 aliphatic heterocycles. The zero-order valence-corrected chi connectivity index (χ0v) is 6.63. The van der Waals surface area contributed by atoms with Crippen LogP contribution in [0.4, 0.5) is 0 Å². The summed E-state index contributed by atoms with van der Waals surface area (Å²) < 4.78 is 5.17. The van der Waals surface area contributed by atoms with E-state index in [9.17, 15) is 0 Å². The first-order valence-electron chi connectivity index (χ1n) is 2.61. The molecule has 1 fully saturated rings. The zero-order valence-electron chi connectivity index (χ0n) is 4.60. The minimum atomic E-state index is 0. The maximum Gasteiger partial charge on any atom is 0.0711 e. The fourth-order valence-electron chi connectivity index (χ4n) is 0.766. The van der Waals surface area contributed by atoms with Gasteiger partial charge in [-0.15, -0.1) is 11.6 Å². The van der Waals surface area contributed by atoms with E-state index in [1.165, 1.54) is 6.42 Å². The molecular formula is C5H9ClCrO. The van der Waals surface area contributed by atoms with Gasteiger partial charge in [-0.2, -0.15) is 0 Å². The van der Waals surface area contributed by atoms with E-state index in [4.69, 9.17) is 16.3 Å². The van der Waals surface area contributed by atoms with Crippen molar-refractivity contribution >= 4 is 11.6 Å². The van der Waals surface area contributed by atoms with Crippen molar-refractivity contribution in [2.24, 2.45) is 0 Å². The molecule has 1 unspecified atom stereocenters. The van der Waals surface area contributed by atoms with E-state index >= 15 is 0 Å². The van der Waals surface area contributed by atoms with E-state index in [0.29, 0.717) is 12.0 Å². The average Bonchev–Trinajstić information content (AvgIpc) is 2.14. The van der Waals surface area contributed by atoms with Crippen LogP contribution >= 0.6 is 11.6 Å². The molecule has 48 valence electrons. The number of rotatable bonds is 1. The van der Waals surface area contributed by atoms with Crippen molar-refractivity contribution in [3.05, 3.63) is 0 Å². The molecule has 0 N–H and O–H groups in total. The normalized spacial score (nSPS) is 27.4. The molecule has 0 saturated carbocycles. The van der Waals surface area contributed by atoms with Gasteiger partial charge in [-0.05, 0) is 12.8 Å². The quantitative estimate of drug-likeness (QED) is 0.544. The fourth-order valence-corrected chi connectivity index (χ4v) is 1.01. The monoisotopic (exact) mass is 172 g/mol. The van der Waals surface area contributed by atoms with Crippen LogP contribution < -0.4 is 0 Å². The van der Waals surface area contributed by atoms with E-state index in [0.717, 1.165) is 13.0 Å². The van der Waals surface area contributed by atoms with Gasteiger partial charge in [0.25, 0.3) is 0 Å². The number of hydrogen-bond donors (Lipinski definition) is 0. The topological polar surface area (TPSA) is 9.23 Å². The molecule has 0 aromatic carbocycles. The predicted molar refractivity (Wildman–Crippen MR) is 29.7 cm³/mol. The van der Waals surface area contributed by atoms with Crippen LogP contribution in [0.1, 0.15) is 12.8 Å². The van der Waals surface area contributed by atoms with Gasteiger partial charge in [-0.1, -0.05) is 0 Å². The van der Waals surface area contributed by atoms with Crippen molar-refractivity contribution in [3.8, 4) is 0 Å². The van der Waals surface area contributed by atoms with E-state index < -0.39 is 0 Å². The molecule has 0 bridgehead atoms. The minimum Gasteiger partial charge on any atom is -0.377 e. The summed E-state index contributed by atoms with van der Waals surface area (Å²) >= 11 is 5.48. The molecule has 0 aromatic rings. The molecule has 1 rings (SSSR count). The van der Waals surface area contributed by atoms with Crippen molar-refractivity contribution in [2.45, 2.75) is 18.9 Å². The summed E-state index contributed by atoms with van der Waals surface area (Å²) in [5.41, 5.74) is 0. The Hall–Kier alpha value is 0.782. The molecule has 1 atom stereocenters. The van der Waals surface area contributed by atoms with Crippen LogP contribution in [-0.4, -0.2) is 18.6 Å². The fraction of sp³-hybridized carbons (Fsp3) is 1.00. The van der Waals surface area contributed by atoms with Crippen molar-refractivity contribution in [2.75, 3.05) is 12.5 Å². The second kappa shape index (κ2) is 4.64. The van der Waals surface area contributed by atoms with Gasteiger partial charge in [-0.3, -0.25) is 0 Å². The maximum absolute atomic E-state index is 5.48. The summed E-state index contributed by atoms with van der Waals surface area (Å²) in [5.74, 6) is 0.667. The van der Waals surface area contributed by atoms with Crippen LogP contribution in [0.3, 0.4) is 0 Å². The molecule has 3 heteroatoms. The molecule has 1 nitrogen and oxygen atoms in total. The summed E-state index contributed by atoms with van der Waals surface area (Å²) in [5, 5.41) is 0. The average molecular weight is 173 g/mol. The van der Waals surface area contributed by atoms with Crippen molar-refractivity contribution in [3.63, 3.8) is 0 Å². The third-order valence-electron chi connectivity index (χ3n) is 1.20. The van der Waals surface area contributed by atoms with Crippen LogP contribution in [0.5, 0.6) is 0 Å². The van der Waals surface area contributed by atoms with E-state index in [2.05, 4.69) is 0 Å². The summed E-state index contributed by atoms with van der Waals surface area (Å²) in [6.45, 7) is 0.914. The van der Waals surface area contributed by atoms with Crippen molar-refractivity contribution in [1.82, 2.24) is 0 Å². The molecule has 0 amide bonds. The van der Waals surface area contributed by atoms with E-state index in [1.807, 2.05) is 0 Å². The first-order chi connectivity index (χ1) is 3.43. The standard InChI is InChI=1S/C5H9ClO.Cr/c6-4-5-2-1-3-7-5;/h5H,1-4H2;. The molecule has 0 spiro atoms. The smallest absolute Gasteiger partial charge is 0.0711 e. The number of halogens is 1. The minimum absolute atomic E-state index is 0. The SMILES string of the molecule is ClCC1CCCO1.[Cr]. The van der Waals surface area contributed by atoms with E-state index in [-0.39, 0.29) is 17.4 Å². The largest absolute Gasteiger partial charge is 0.377 e. The predicted octanol–water partition coefficient (Wildman–Crippen LogP) is 1.40. The third-order valence-corrected chi connectivity index (χ3v) is 1.54. The third kappa shape index (κ3) is 2.37. The Kier molecular flexibility index (Phi) is 5.10. The van der Waals surface area contributed by atoms with Crippen LogP contribution in [0.2, 0.25) is 0 Å². The van der Waals surface area contributed by atoms with E-state index in [1.54, 1.807) is 0 Å². The molecule has 1 saturated heterocycles. The van der Waals surface area contributed by atoms with Crippen molar-refractivity contribution < 1.29 is 22.1 Å². The van der Waals surface area contributed by atoms with Crippen LogP contribution in [0.25, 0.3) is 0 Å². The number of ether oxygens (including phenoxy) is 1. The Bertz CT molecular complexity index is 54.4. The van der Waals surface area contributed by atoms with Gasteiger partial charge in [-0.25, -0.2) is 0 Å². The number of hydrogen-bond acceptors (Lipinski definition) is 1. The van der Waals surface area contributed by atoms with Gasteiger partial charge in [0, 0.05) is 29.8 Å². The van der Waals surface area contributed by atoms with Gasteiger partial charge in [0.2, 0.25) is 0 Å². The van der Waals surface area contributed by atoms with Gasteiger partial charge in [0.05, 0.1) is 6.10 Å². The Morgan fingerprint density at radius 3 is 2.62 bits per heavy atom. The zero-order chi connectivity index (χ0) is 5.11. The molecule has 8 heavy (non-hydrogen) atoms. The summed E-state index contributed by atoms with van der Waals surface area (Å²) in [4.78, 5) is 0. The van der Waals surface area contributed by atoms with Gasteiger partial charge in [0.1, 0.15) is 0 Å². The first kappa shape index (κ1) is 8.78. The van der Waals surface area contributed by atoms with Crippen LogP contribution in [0.15, 0.2) is 0 Å².